The van der Waals surface area contributed by atoms with Crippen molar-refractivity contribution in [1.82, 2.24) is 9.29 Å². The molecule has 1 saturated heterocycles. The number of nitrogens with one attached hydrogen (secondary N) is 3. The molecular formula is C25H29F4N5O4S. The Morgan fingerprint density at radius 2 is 1.92 bits per heavy atom. The van der Waals surface area contributed by atoms with E-state index in [1.165, 1.54) is 48.1 Å². The number of nitrogens with zero attached hydrogens (tertiary/aromatic N) is 2. The van der Waals surface area contributed by atoms with Crippen molar-refractivity contribution in [2.75, 3.05) is 35.1 Å². The molecular weight excluding hydrogens is 542 g/mol. The molecule has 3 atom stereocenters. The summed E-state index contributed by atoms with van der Waals surface area (Å²) in [6.07, 6.45) is -1.09. The standard InChI is InChI=1S/C25H29F4N5O4S/c1-30-39(37,38)32-16-4-5-18(20(11-16)33-10-8-24(23(26)27)12-15(24)14-33)21(35)31-19-3-2-9-34(22(19)36)17-6-7-25(28,29)13-17/h2-5,9,11,15,17,23,30,32H,6-8,10,12-14H2,1H3,(H,31,35)/t15-,17+,24+/m1/s1. The smallest absolute Gasteiger partial charge is 0.298 e. The number of hydrogen-bond donors (Lipinski definition) is 3. The van der Waals surface area contributed by atoms with E-state index in [4.69, 9.17) is 0 Å². The molecule has 0 bridgehead atoms. The zero-order valence-electron chi connectivity index (χ0n) is 21.1. The molecule has 9 nitrogen and oxygen atoms in total. The number of halogens is 4. The van der Waals surface area contributed by atoms with E-state index in [2.05, 4.69) is 14.8 Å². The van der Waals surface area contributed by atoms with Gasteiger partial charge in [0.1, 0.15) is 5.69 Å². The van der Waals surface area contributed by atoms with Gasteiger partial charge in [0.25, 0.3) is 21.7 Å². The second kappa shape index (κ2) is 9.81. The Morgan fingerprint density at radius 1 is 1.15 bits per heavy atom. The lowest BCUT2D eigenvalue weighted by atomic mass is 9.95. The largest absolute Gasteiger partial charge is 0.370 e. The Bertz CT molecular complexity index is 1450. The Labute approximate surface area is 222 Å². The van der Waals surface area contributed by atoms with Gasteiger partial charge in [0.2, 0.25) is 12.3 Å². The average molecular weight is 572 g/mol. The van der Waals surface area contributed by atoms with Crippen molar-refractivity contribution in [2.24, 2.45) is 11.3 Å². The number of benzene rings is 1. The van der Waals surface area contributed by atoms with Gasteiger partial charge in [-0.3, -0.25) is 14.3 Å². The molecule has 3 N–H and O–H groups in total. The Morgan fingerprint density at radius 3 is 2.56 bits per heavy atom. The van der Waals surface area contributed by atoms with E-state index in [-0.39, 0.29) is 55.2 Å². The fraction of sp³-hybridized carbons (Fsp3) is 0.520. The second-order valence-corrected chi connectivity index (χ2v) is 12.1. The summed E-state index contributed by atoms with van der Waals surface area (Å²) < 4.78 is 84.4. The average Bonchev–Trinajstić information content (AvgIpc) is 3.53. The summed E-state index contributed by atoms with van der Waals surface area (Å²) in [6, 6.07) is 6.39. The molecule has 2 aromatic rings. The number of rotatable bonds is 8. The molecule has 2 heterocycles. The highest BCUT2D eigenvalue weighted by Crippen LogP contribution is 2.61. The third-order valence-electron chi connectivity index (χ3n) is 8.10. The van der Waals surface area contributed by atoms with Gasteiger partial charge in [-0.2, -0.15) is 8.42 Å². The summed E-state index contributed by atoms with van der Waals surface area (Å²) in [4.78, 5) is 28.2. The van der Waals surface area contributed by atoms with E-state index in [9.17, 15) is 35.6 Å². The number of aromatic nitrogens is 1. The summed E-state index contributed by atoms with van der Waals surface area (Å²) in [5.41, 5.74) is -1.15. The van der Waals surface area contributed by atoms with E-state index in [1.807, 2.05) is 0 Å². The molecule has 1 amide bonds. The third-order valence-corrected chi connectivity index (χ3v) is 9.14. The van der Waals surface area contributed by atoms with E-state index >= 15 is 0 Å². The van der Waals surface area contributed by atoms with Crippen molar-refractivity contribution in [3.05, 3.63) is 52.4 Å². The van der Waals surface area contributed by atoms with Crippen molar-refractivity contribution < 1.29 is 30.8 Å². The number of alkyl halides is 4. The fourth-order valence-electron chi connectivity index (χ4n) is 5.75. The van der Waals surface area contributed by atoms with Gasteiger partial charge in [0.05, 0.1) is 16.9 Å². The highest BCUT2D eigenvalue weighted by molar-refractivity contribution is 7.90. The first kappa shape index (κ1) is 27.4. The molecule has 0 unspecified atom stereocenters. The van der Waals surface area contributed by atoms with Crippen molar-refractivity contribution in [3.8, 4) is 0 Å². The van der Waals surface area contributed by atoms with Crippen LogP contribution in [0.15, 0.2) is 41.3 Å². The number of fused-ring (bicyclic) bond motifs is 1. The maximum absolute atomic E-state index is 13.7. The lowest BCUT2D eigenvalue weighted by Crippen LogP contribution is -2.38. The summed E-state index contributed by atoms with van der Waals surface area (Å²) in [6.45, 7) is 0.498. The van der Waals surface area contributed by atoms with Crippen LogP contribution in [-0.2, 0) is 10.2 Å². The highest BCUT2D eigenvalue weighted by Gasteiger charge is 2.62. The molecule has 5 rings (SSSR count). The second-order valence-electron chi connectivity index (χ2n) is 10.5. The van der Waals surface area contributed by atoms with Crippen LogP contribution in [0.25, 0.3) is 0 Å². The minimum atomic E-state index is -3.87. The van der Waals surface area contributed by atoms with E-state index in [1.54, 1.807) is 4.90 Å². The first-order chi connectivity index (χ1) is 18.3. The van der Waals surface area contributed by atoms with E-state index < -0.39 is 51.9 Å². The summed E-state index contributed by atoms with van der Waals surface area (Å²) in [5, 5.41) is 2.56. The van der Waals surface area contributed by atoms with Crippen LogP contribution in [0.5, 0.6) is 0 Å². The lowest BCUT2D eigenvalue weighted by Gasteiger charge is -2.34. The monoisotopic (exact) mass is 571 g/mol. The van der Waals surface area contributed by atoms with Crippen LogP contribution in [0.1, 0.15) is 48.5 Å². The summed E-state index contributed by atoms with van der Waals surface area (Å²) in [5.74, 6) is -3.79. The Balaban J connectivity index is 1.43. The van der Waals surface area contributed by atoms with Crippen molar-refractivity contribution in [2.45, 2.75) is 50.5 Å². The first-order valence-corrected chi connectivity index (χ1v) is 14.1. The van der Waals surface area contributed by atoms with Crippen LogP contribution < -0.4 is 25.2 Å². The molecule has 212 valence electrons. The van der Waals surface area contributed by atoms with Gasteiger partial charge < -0.3 is 14.8 Å². The molecule has 1 aliphatic heterocycles. The van der Waals surface area contributed by atoms with Gasteiger partial charge >= 0.3 is 0 Å². The first-order valence-electron chi connectivity index (χ1n) is 12.6. The van der Waals surface area contributed by atoms with Crippen LogP contribution in [0.4, 0.5) is 34.6 Å². The van der Waals surface area contributed by atoms with Gasteiger partial charge in [-0.1, -0.05) is 0 Å². The summed E-state index contributed by atoms with van der Waals surface area (Å²) >= 11 is 0. The van der Waals surface area contributed by atoms with E-state index in [0.29, 0.717) is 12.1 Å². The molecule has 3 fully saturated rings. The quantitative estimate of drug-likeness (QED) is 0.417. The zero-order valence-corrected chi connectivity index (χ0v) is 21.9. The molecule has 2 aliphatic carbocycles. The van der Waals surface area contributed by atoms with Crippen LogP contribution >= 0.6 is 0 Å². The molecule has 2 saturated carbocycles. The topological polar surface area (TPSA) is 113 Å². The van der Waals surface area contributed by atoms with Gasteiger partial charge in [-0.15, -0.1) is 0 Å². The lowest BCUT2D eigenvalue weighted by molar-refractivity contribution is 0.00550. The molecule has 0 radical (unpaired) electrons. The van der Waals surface area contributed by atoms with E-state index in [0.717, 1.165) is 0 Å². The molecule has 39 heavy (non-hydrogen) atoms. The normalized spacial score (nSPS) is 25.8. The number of carbonyl (C=O) groups is 1. The Hall–Kier alpha value is -3.13. The minimum absolute atomic E-state index is 0.0961. The van der Waals surface area contributed by atoms with Crippen LogP contribution in [0.3, 0.4) is 0 Å². The highest BCUT2D eigenvalue weighted by atomic mass is 32.2. The predicted molar refractivity (Wildman–Crippen MR) is 138 cm³/mol. The van der Waals surface area contributed by atoms with Gasteiger partial charge in [-0.05, 0) is 55.5 Å². The fourth-order valence-corrected chi connectivity index (χ4v) is 6.29. The molecule has 1 aromatic carbocycles. The number of carbonyl (C=O) groups excluding carboxylic acids is 1. The number of hydrogen-bond acceptors (Lipinski definition) is 5. The van der Waals surface area contributed by atoms with Crippen LogP contribution in [0.2, 0.25) is 0 Å². The van der Waals surface area contributed by atoms with Crippen LogP contribution in [-0.4, -0.2) is 51.4 Å². The minimum Gasteiger partial charge on any atom is -0.370 e. The number of pyridine rings is 1. The predicted octanol–water partition coefficient (Wildman–Crippen LogP) is 3.82. The maximum Gasteiger partial charge on any atom is 0.298 e. The van der Waals surface area contributed by atoms with Crippen molar-refractivity contribution in [1.29, 1.82) is 0 Å². The number of anilines is 3. The van der Waals surface area contributed by atoms with Crippen molar-refractivity contribution >= 4 is 33.2 Å². The molecule has 0 spiro atoms. The molecule has 3 aliphatic rings. The zero-order chi connectivity index (χ0) is 28.2. The van der Waals surface area contributed by atoms with Gasteiger partial charge in [0.15, 0.2) is 0 Å². The number of amides is 1. The SMILES string of the molecule is CNS(=O)(=O)Nc1ccc(C(=O)Nc2cccn([C@H]3CCC(F)(F)C3)c2=O)c(N2CC[C@]3(C(F)F)C[C@@H]3C2)c1. The summed E-state index contributed by atoms with van der Waals surface area (Å²) in [7, 11) is -2.64. The third kappa shape index (κ3) is 5.36. The Kier molecular flexibility index (Phi) is 6.90. The van der Waals surface area contributed by atoms with Gasteiger partial charge in [0, 0.05) is 50.6 Å². The number of piperidine rings is 1. The molecule has 1 aromatic heterocycles. The van der Waals surface area contributed by atoms with Gasteiger partial charge in [-0.25, -0.2) is 22.3 Å². The van der Waals surface area contributed by atoms with Crippen molar-refractivity contribution in [3.63, 3.8) is 0 Å². The van der Waals surface area contributed by atoms with Crippen LogP contribution in [0, 0.1) is 11.3 Å². The maximum atomic E-state index is 13.7. The molecule has 14 heteroatoms.